The highest BCUT2D eigenvalue weighted by atomic mass is 16.5. The summed E-state index contributed by atoms with van der Waals surface area (Å²) in [6, 6.07) is 29.4. The van der Waals surface area contributed by atoms with E-state index in [1.165, 1.54) is 0 Å². The van der Waals surface area contributed by atoms with E-state index >= 15 is 0 Å². The molecule has 0 bridgehead atoms. The second-order valence-corrected chi connectivity index (χ2v) is 6.98. The van der Waals surface area contributed by atoms with Gasteiger partial charge in [-0.2, -0.15) is 4.98 Å². The third-order valence-electron chi connectivity index (χ3n) is 5.03. The van der Waals surface area contributed by atoms with Gasteiger partial charge in [-0.3, -0.25) is 4.79 Å². The van der Waals surface area contributed by atoms with E-state index in [-0.39, 0.29) is 18.4 Å². The molecule has 0 N–H and O–H groups in total. The van der Waals surface area contributed by atoms with E-state index in [2.05, 4.69) is 10.1 Å². The maximum atomic E-state index is 13.6. The normalized spacial score (nSPS) is 10.9. The predicted octanol–water partition coefficient (Wildman–Crippen LogP) is 4.92. The standard InChI is InChI=1S/C25H23N3O2/c1-2-28(18-22-26-24(27-30-22)21-16-10-5-11-17-21)25(29)23(19-12-6-3-7-13-19)20-14-8-4-9-15-20/h3-17,23H,2,18H2,1H3. The number of nitrogens with zero attached hydrogens (tertiary/aromatic N) is 3. The van der Waals surface area contributed by atoms with Gasteiger partial charge in [-0.15, -0.1) is 0 Å². The van der Waals surface area contributed by atoms with E-state index in [9.17, 15) is 4.79 Å². The quantitative estimate of drug-likeness (QED) is 0.444. The highest BCUT2D eigenvalue weighted by Crippen LogP contribution is 2.27. The average Bonchev–Trinajstić information content (AvgIpc) is 3.28. The second-order valence-electron chi connectivity index (χ2n) is 6.98. The molecule has 0 saturated heterocycles. The Morgan fingerprint density at radius 1 is 0.867 bits per heavy atom. The lowest BCUT2D eigenvalue weighted by Gasteiger charge is -2.26. The molecule has 1 aromatic heterocycles. The lowest BCUT2D eigenvalue weighted by atomic mass is 9.90. The Balaban J connectivity index is 1.60. The highest BCUT2D eigenvalue weighted by molar-refractivity contribution is 5.87. The molecule has 0 radical (unpaired) electrons. The third kappa shape index (κ3) is 4.30. The van der Waals surface area contributed by atoms with E-state index < -0.39 is 0 Å². The van der Waals surface area contributed by atoms with Gasteiger partial charge in [-0.1, -0.05) is 96.2 Å². The van der Waals surface area contributed by atoms with Gasteiger partial charge in [0.2, 0.25) is 17.6 Å². The van der Waals surface area contributed by atoms with Gasteiger partial charge < -0.3 is 9.42 Å². The van der Waals surface area contributed by atoms with Crippen LogP contribution in [0, 0.1) is 0 Å². The first-order valence-corrected chi connectivity index (χ1v) is 10.0. The topological polar surface area (TPSA) is 59.2 Å². The van der Waals surface area contributed by atoms with E-state index in [0.29, 0.717) is 18.3 Å². The highest BCUT2D eigenvalue weighted by Gasteiger charge is 2.28. The summed E-state index contributed by atoms with van der Waals surface area (Å²) >= 11 is 0. The Kier molecular flexibility index (Phi) is 5.99. The molecule has 150 valence electrons. The van der Waals surface area contributed by atoms with E-state index in [0.717, 1.165) is 16.7 Å². The summed E-state index contributed by atoms with van der Waals surface area (Å²) in [6.07, 6.45) is 0. The monoisotopic (exact) mass is 397 g/mol. The molecule has 0 saturated carbocycles. The molecule has 5 nitrogen and oxygen atoms in total. The number of amides is 1. The van der Waals surface area contributed by atoms with Crippen LogP contribution in [0.4, 0.5) is 0 Å². The summed E-state index contributed by atoms with van der Waals surface area (Å²) in [5.74, 6) is 0.568. The number of hydrogen-bond donors (Lipinski definition) is 0. The number of benzene rings is 3. The van der Waals surface area contributed by atoms with Gasteiger partial charge >= 0.3 is 0 Å². The van der Waals surface area contributed by atoms with Crippen LogP contribution in [0.2, 0.25) is 0 Å². The molecule has 0 aliphatic heterocycles. The Morgan fingerprint density at radius 2 is 1.40 bits per heavy atom. The van der Waals surface area contributed by atoms with Crippen molar-refractivity contribution in [2.24, 2.45) is 0 Å². The van der Waals surface area contributed by atoms with Gasteiger partial charge in [-0.05, 0) is 18.1 Å². The zero-order valence-electron chi connectivity index (χ0n) is 16.8. The lowest BCUT2D eigenvalue weighted by Crippen LogP contribution is -2.35. The largest absolute Gasteiger partial charge is 0.337 e. The van der Waals surface area contributed by atoms with Crippen LogP contribution in [0.3, 0.4) is 0 Å². The fourth-order valence-corrected chi connectivity index (χ4v) is 3.48. The van der Waals surface area contributed by atoms with Gasteiger partial charge in [0, 0.05) is 12.1 Å². The summed E-state index contributed by atoms with van der Waals surface area (Å²) in [6.45, 7) is 2.77. The zero-order valence-corrected chi connectivity index (χ0v) is 16.8. The number of carbonyl (C=O) groups excluding carboxylic acids is 1. The first-order chi connectivity index (χ1) is 14.8. The molecular weight excluding hydrogens is 374 g/mol. The van der Waals surface area contributed by atoms with Gasteiger partial charge in [-0.25, -0.2) is 0 Å². The lowest BCUT2D eigenvalue weighted by molar-refractivity contribution is -0.132. The number of hydrogen-bond acceptors (Lipinski definition) is 4. The minimum Gasteiger partial charge on any atom is -0.337 e. The summed E-state index contributed by atoms with van der Waals surface area (Å²) in [4.78, 5) is 19.8. The van der Waals surface area contributed by atoms with Crippen molar-refractivity contribution in [3.8, 4) is 11.4 Å². The van der Waals surface area contributed by atoms with Crippen molar-refractivity contribution in [2.45, 2.75) is 19.4 Å². The Bertz CT molecular complexity index is 1040. The maximum absolute atomic E-state index is 13.6. The van der Waals surface area contributed by atoms with Crippen molar-refractivity contribution >= 4 is 5.91 Å². The number of rotatable bonds is 7. The Labute approximate surface area is 176 Å². The Hall–Kier alpha value is -3.73. The molecule has 0 aliphatic carbocycles. The van der Waals surface area contributed by atoms with Crippen molar-refractivity contribution in [1.82, 2.24) is 15.0 Å². The van der Waals surface area contributed by atoms with Crippen molar-refractivity contribution in [3.63, 3.8) is 0 Å². The van der Waals surface area contributed by atoms with Crippen LogP contribution in [0.5, 0.6) is 0 Å². The minimum atomic E-state index is -0.385. The summed E-state index contributed by atoms with van der Waals surface area (Å²) in [5.41, 5.74) is 2.80. The van der Waals surface area contributed by atoms with Crippen LogP contribution >= 0.6 is 0 Å². The molecule has 0 aliphatic rings. The maximum Gasteiger partial charge on any atom is 0.246 e. The molecule has 4 rings (SSSR count). The predicted molar refractivity (Wildman–Crippen MR) is 116 cm³/mol. The summed E-state index contributed by atoms with van der Waals surface area (Å²) in [7, 11) is 0. The molecular formula is C25H23N3O2. The molecule has 0 atom stereocenters. The van der Waals surface area contributed by atoms with E-state index in [1.807, 2.05) is 97.9 Å². The van der Waals surface area contributed by atoms with Gasteiger partial charge in [0.05, 0.1) is 5.92 Å². The summed E-state index contributed by atoms with van der Waals surface area (Å²) < 4.78 is 5.44. The van der Waals surface area contributed by atoms with Crippen LogP contribution in [0.25, 0.3) is 11.4 Å². The smallest absolute Gasteiger partial charge is 0.246 e. The molecule has 3 aromatic carbocycles. The van der Waals surface area contributed by atoms with Crippen molar-refractivity contribution < 1.29 is 9.32 Å². The first kappa shape index (κ1) is 19.6. The summed E-state index contributed by atoms with van der Waals surface area (Å²) in [5, 5.41) is 4.07. The van der Waals surface area contributed by atoms with Crippen LogP contribution in [0.1, 0.15) is 29.9 Å². The van der Waals surface area contributed by atoms with Crippen LogP contribution in [-0.2, 0) is 11.3 Å². The van der Waals surface area contributed by atoms with Crippen molar-refractivity contribution in [1.29, 1.82) is 0 Å². The molecule has 5 heteroatoms. The number of carbonyl (C=O) groups is 1. The van der Waals surface area contributed by atoms with Gasteiger partial charge in [0.15, 0.2) is 0 Å². The Morgan fingerprint density at radius 3 is 1.93 bits per heavy atom. The van der Waals surface area contributed by atoms with Crippen molar-refractivity contribution in [3.05, 3.63) is 108 Å². The average molecular weight is 397 g/mol. The third-order valence-corrected chi connectivity index (χ3v) is 5.03. The molecule has 0 unspecified atom stereocenters. The fourth-order valence-electron chi connectivity index (χ4n) is 3.48. The molecule has 4 aromatic rings. The zero-order chi connectivity index (χ0) is 20.8. The molecule has 30 heavy (non-hydrogen) atoms. The minimum absolute atomic E-state index is 0.00867. The van der Waals surface area contributed by atoms with Crippen molar-refractivity contribution in [2.75, 3.05) is 6.54 Å². The van der Waals surface area contributed by atoms with Gasteiger partial charge in [0.25, 0.3) is 0 Å². The molecule has 0 spiro atoms. The number of likely N-dealkylation sites (N-methyl/N-ethyl adjacent to an activating group) is 1. The van der Waals surface area contributed by atoms with Crippen LogP contribution < -0.4 is 0 Å². The van der Waals surface area contributed by atoms with E-state index in [1.54, 1.807) is 4.90 Å². The molecule has 1 heterocycles. The molecule has 1 amide bonds. The first-order valence-electron chi connectivity index (χ1n) is 10.0. The van der Waals surface area contributed by atoms with E-state index in [4.69, 9.17) is 4.52 Å². The number of aromatic nitrogens is 2. The SMILES string of the molecule is CCN(Cc1nc(-c2ccccc2)no1)C(=O)C(c1ccccc1)c1ccccc1. The van der Waals surface area contributed by atoms with Gasteiger partial charge in [0.1, 0.15) is 6.54 Å². The second kappa shape index (κ2) is 9.18. The molecule has 0 fully saturated rings. The van der Waals surface area contributed by atoms with Crippen LogP contribution in [-0.4, -0.2) is 27.5 Å². The van der Waals surface area contributed by atoms with Crippen LogP contribution in [0.15, 0.2) is 95.5 Å². The fraction of sp³-hybridized carbons (Fsp3) is 0.160.